The van der Waals surface area contributed by atoms with Crippen LogP contribution in [0.3, 0.4) is 0 Å². The van der Waals surface area contributed by atoms with Gasteiger partial charge in [-0.05, 0) is 34.7 Å². The fourth-order valence-corrected chi connectivity index (χ4v) is 2.33. The molecule has 20 heavy (non-hydrogen) atoms. The highest BCUT2D eigenvalue weighted by molar-refractivity contribution is 5.48. The van der Waals surface area contributed by atoms with Crippen LogP contribution in [0.25, 0.3) is 0 Å². The molecule has 0 radical (unpaired) electrons. The number of anilines is 1. The number of nitrogens with zero attached hydrogens (tertiary/aromatic N) is 1. The minimum absolute atomic E-state index is 0.579. The van der Waals surface area contributed by atoms with Crippen molar-refractivity contribution in [1.82, 2.24) is 0 Å². The van der Waals surface area contributed by atoms with Crippen LogP contribution in [0, 0.1) is 0 Å². The molecule has 0 saturated carbocycles. The van der Waals surface area contributed by atoms with Gasteiger partial charge in [-0.25, -0.2) is 0 Å². The second-order valence-corrected chi connectivity index (χ2v) is 5.63. The van der Waals surface area contributed by atoms with Gasteiger partial charge in [0, 0.05) is 25.8 Å². The predicted octanol–water partition coefficient (Wildman–Crippen LogP) is 3.91. The topological polar surface area (TPSA) is 29.3 Å². The standard InChI is InChI=1S/C18H24N2/c1-14(2)17-7-9-18(10-8-17)20(3)13-16-6-4-5-15(11-16)12-19/h4-11,14H,12-13,19H2,1-3H3. The summed E-state index contributed by atoms with van der Waals surface area (Å²) >= 11 is 0. The van der Waals surface area contributed by atoms with E-state index in [1.54, 1.807) is 0 Å². The van der Waals surface area contributed by atoms with Gasteiger partial charge < -0.3 is 10.6 Å². The summed E-state index contributed by atoms with van der Waals surface area (Å²) in [6, 6.07) is 17.3. The van der Waals surface area contributed by atoms with Gasteiger partial charge in [-0.2, -0.15) is 0 Å². The lowest BCUT2D eigenvalue weighted by atomic mass is 10.0. The van der Waals surface area contributed by atoms with E-state index >= 15 is 0 Å². The van der Waals surface area contributed by atoms with E-state index in [4.69, 9.17) is 5.73 Å². The Balaban J connectivity index is 2.08. The molecule has 0 fully saturated rings. The summed E-state index contributed by atoms with van der Waals surface area (Å²) < 4.78 is 0. The molecule has 0 unspecified atom stereocenters. The van der Waals surface area contributed by atoms with Crippen LogP contribution in [-0.2, 0) is 13.1 Å². The van der Waals surface area contributed by atoms with Crippen molar-refractivity contribution >= 4 is 5.69 Å². The minimum Gasteiger partial charge on any atom is -0.370 e. The van der Waals surface area contributed by atoms with Crippen LogP contribution in [0.1, 0.15) is 36.5 Å². The number of benzene rings is 2. The molecule has 2 rings (SSSR count). The van der Waals surface area contributed by atoms with Crippen LogP contribution in [0.5, 0.6) is 0 Å². The van der Waals surface area contributed by atoms with Gasteiger partial charge in [0.2, 0.25) is 0 Å². The molecule has 0 atom stereocenters. The van der Waals surface area contributed by atoms with Gasteiger partial charge >= 0.3 is 0 Å². The summed E-state index contributed by atoms with van der Waals surface area (Å²) in [6.07, 6.45) is 0. The van der Waals surface area contributed by atoms with Gasteiger partial charge in [0.1, 0.15) is 0 Å². The molecule has 0 bridgehead atoms. The third-order valence-electron chi connectivity index (χ3n) is 3.65. The average molecular weight is 268 g/mol. The lowest BCUT2D eigenvalue weighted by Crippen LogP contribution is -2.16. The summed E-state index contributed by atoms with van der Waals surface area (Å²) in [5.74, 6) is 0.579. The van der Waals surface area contributed by atoms with Crippen molar-refractivity contribution in [3.05, 3.63) is 65.2 Å². The smallest absolute Gasteiger partial charge is 0.0426 e. The van der Waals surface area contributed by atoms with E-state index in [2.05, 4.69) is 74.3 Å². The van der Waals surface area contributed by atoms with Gasteiger partial charge in [0.15, 0.2) is 0 Å². The Morgan fingerprint density at radius 3 is 2.25 bits per heavy atom. The molecule has 2 aromatic rings. The quantitative estimate of drug-likeness (QED) is 0.891. The Labute approximate surface area is 122 Å². The lowest BCUT2D eigenvalue weighted by molar-refractivity contribution is 0.863. The Morgan fingerprint density at radius 2 is 1.65 bits per heavy atom. The van der Waals surface area contributed by atoms with E-state index in [1.165, 1.54) is 22.4 Å². The van der Waals surface area contributed by atoms with Gasteiger partial charge in [-0.1, -0.05) is 50.2 Å². The van der Waals surface area contributed by atoms with Gasteiger partial charge in [0.05, 0.1) is 0 Å². The SMILES string of the molecule is CC(C)c1ccc(N(C)Cc2cccc(CN)c2)cc1. The van der Waals surface area contributed by atoms with E-state index in [-0.39, 0.29) is 0 Å². The lowest BCUT2D eigenvalue weighted by Gasteiger charge is -2.20. The molecule has 0 heterocycles. The third kappa shape index (κ3) is 3.61. The monoisotopic (exact) mass is 268 g/mol. The highest BCUT2D eigenvalue weighted by atomic mass is 15.1. The molecule has 0 spiro atoms. The van der Waals surface area contributed by atoms with Crippen molar-refractivity contribution < 1.29 is 0 Å². The van der Waals surface area contributed by atoms with E-state index < -0.39 is 0 Å². The molecule has 0 aromatic heterocycles. The normalized spacial score (nSPS) is 10.8. The molecule has 0 aliphatic heterocycles. The van der Waals surface area contributed by atoms with Crippen LogP contribution >= 0.6 is 0 Å². The molecule has 0 aliphatic carbocycles. The summed E-state index contributed by atoms with van der Waals surface area (Å²) in [4.78, 5) is 2.26. The number of hydrogen-bond acceptors (Lipinski definition) is 2. The maximum atomic E-state index is 5.69. The van der Waals surface area contributed by atoms with Crippen LogP contribution in [0.4, 0.5) is 5.69 Å². The summed E-state index contributed by atoms with van der Waals surface area (Å²) in [7, 11) is 2.12. The Kier molecular flexibility index (Phi) is 4.80. The molecule has 2 heteroatoms. The third-order valence-corrected chi connectivity index (χ3v) is 3.65. The maximum absolute atomic E-state index is 5.69. The highest BCUT2D eigenvalue weighted by Crippen LogP contribution is 2.20. The second kappa shape index (κ2) is 6.58. The van der Waals surface area contributed by atoms with E-state index in [0.29, 0.717) is 12.5 Å². The predicted molar refractivity (Wildman–Crippen MR) is 87.0 cm³/mol. The van der Waals surface area contributed by atoms with Crippen molar-refractivity contribution in [2.75, 3.05) is 11.9 Å². The zero-order chi connectivity index (χ0) is 14.5. The maximum Gasteiger partial charge on any atom is 0.0426 e. The molecule has 106 valence electrons. The van der Waals surface area contributed by atoms with Crippen molar-refractivity contribution in [2.45, 2.75) is 32.9 Å². The van der Waals surface area contributed by atoms with E-state index in [0.717, 1.165) is 6.54 Å². The largest absolute Gasteiger partial charge is 0.370 e. The van der Waals surface area contributed by atoms with Gasteiger partial charge in [0.25, 0.3) is 0 Å². The Hall–Kier alpha value is -1.80. The summed E-state index contributed by atoms with van der Waals surface area (Å²) in [5.41, 5.74) is 10.8. The summed E-state index contributed by atoms with van der Waals surface area (Å²) in [5, 5.41) is 0. The molecule has 0 saturated heterocycles. The molecule has 0 amide bonds. The van der Waals surface area contributed by atoms with Crippen LogP contribution in [0.2, 0.25) is 0 Å². The molecule has 2 N–H and O–H groups in total. The highest BCUT2D eigenvalue weighted by Gasteiger charge is 2.04. The number of hydrogen-bond donors (Lipinski definition) is 1. The van der Waals surface area contributed by atoms with Crippen LogP contribution < -0.4 is 10.6 Å². The van der Waals surface area contributed by atoms with Crippen molar-refractivity contribution in [1.29, 1.82) is 0 Å². The first-order valence-electron chi connectivity index (χ1n) is 7.19. The molecule has 2 aromatic carbocycles. The van der Waals surface area contributed by atoms with Crippen LogP contribution in [-0.4, -0.2) is 7.05 Å². The number of nitrogens with two attached hydrogens (primary N) is 1. The Bertz CT molecular complexity index is 544. The second-order valence-electron chi connectivity index (χ2n) is 5.63. The van der Waals surface area contributed by atoms with Gasteiger partial charge in [-0.15, -0.1) is 0 Å². The Morgan fingerprint density at radius 1 is 1.00 bits per heavy atom. The van der Waals surface area contributed by atoms with Crippen molar-refractivity contribution in [2.24, 2.45) is 5.73 Å². The molecule has 2 nitrogen and oxygen atoms in total. The van der Waals surface area contributed by atoms with Gasteiger partial charge in [-0.3, -0.25) is 0 Å². The first-order valence-corrected chi connectivity index (χ1v) is 7.19. The van der Waals surface area contributed by atoms with Crippen LogP contribution in [0.15, 0.2) is 48.5 Å². The zero-order valence-corrected chi connectivity index (χ0v) is 12.6. The fourth-order valence-electron chi connectivity index (χ4n) is 2.33. The van der Waals surface area contributed by atoms with Crippen molar-refractivity contribution in [3.63, 3.8) is 0 Å². The summed E-state index contributed by atoms with van der Waals surface area (Å²) in [6.45, 7) is 5.93. The molecule has 0 aliphatic rings. The minimum atomic E-state index is 0.579. The average Bonchev–Trinajstić information content (AvgIpc) is 2.47. The molecular formula is C18H24N2. The number of rotatable bonds is 5. The van der Waals surface area contributed by atoms with E-state index in [1.807, 2.05) is 0 Å². The molecular weight excluding hydrogens is 244 g/mol. The van der Waals surface area contributed by atoms with E-state index in [9.17, 15) is 0 Å². The first kappa shape index (κ1) is 14.6. The van der Waals surface area contributed by atoms with Crippen molar-refractivity contribution in [3.8, 4) is 0 Å². The zero-order valence-electron chi connectivity index (χ0n) is 12.6. The fraction of sp³-hybridized carbons (Fsp3) is 0.333. The first-order chi connectivity index (χ1) is 9.60.